The second-order valence-electron chi connectivity index (χ2n) is 7.26. The number of primary amides is 1. The number of aromatic nitrogens is 1. The number of pyridine rings is 1. The molecule has 0 radical (unpaired) electrons. The third kappa shape index (κ3) is 7.59. The van der Waals surface area contributed by atoms with E-state index in [1.54, 1.807) is 36.7 Å². The Kier molecular flexibility index (Phi) is 8.92. The van der Waals surface area contributed by atoms with Crippen molar-refractivity contribution < 1.29 is 23.9 Å². The number of nitrogens with zero attached hydrogens (tertiary/aromatic N) is 2. The molecule has 0 bridgehead atoms. The van der Waals surface area contributed by atoms with E-state index in [9.17, 15) is 14.4 Å². The molecule has 8 nitrogen and oxygen atoms in total. The molecule has 2 aromatic carbocycles. The highest BCUT2D eigenvalue weighted by molar-refractivity contribution is 5.99. The third-order valence-corrected chi connectivity index (χ3v) is 4.80. The number of hydrogen-bond acceptors (Lipinski definition) is 6. The SMILES string of the molecule is NC(=O)OCCc1ccccc1.O=C1C[C@@H](/C=C/c2cccnc2)N1C(=O)Oc1ccccc1. The molecule has 0 unspecified atom stereocenters. The third-order valence-electron chi connectivity index (χ3n) is 4.80. The maximum atomic E-state index is 12.1. The number of amides is 3. The number of para-hydroxylation sites is 1. The molecule has 0 aliphatic carbocycles. The molecule has 1 saturated heterocycles. The first-order valence-electron chi connectivity index (χ1n) is 10.7. The van der Waals surface area contributed by atoms with Crippen LogP contribution >= 0.6 is 0 Å². The first-order chi connectivity index (χ1) is 16.5. The molecule has 0 saturated carbocycles. The number of nitrogens with two attached hydrogens (primary N) is 1. The normalized spacial score (nSPS) is 14.5. The Labute approximate surface area is 197 Å². The highest BCUT2D eigenvalue weighted by Gasteiger charge is 2.40. The maximum Gasteiger partial charge on any atom is 0.422 e. The van der Waals surface area contributed by atoms with Gasteiger partial charge in [-0.2, -0.15) is 0 Å². The zero-order chi connectivity index (χ0) is 24.2. The average molecular weight is 460 g/mol. The predicted molar refractivity (Wildman–Crippen MR) is 127 cm³/mol. The highest BCUT2D eigenvalue weighted by atomic mass is 16.6. The molecule has 4 rings (SSSR count). The second kappa shape index (κ2) is 12.5. The molecule has 1 aliphatic rings. The van der Waals surface area contributed by atoms with E-state index in [0.29, 0.717) is 25.2 Å². The number of imide groups is 1. The van der Waals surface area contributed by atoms with Gasteiger partial charge in [0.15, 0.2) is 0 Å². The topological polar surface area (TPSA) is 112 Å². The van der Waals surface area contributed by atoms with Crippen molar-refractivity contribution in [2.75, 3.05) is 6.61 Å². The van der Waals surface area contributed by atoms with Crippen molar-refractivity contribution in [3.8, 4) is 5.75 Å². The molecule has 1 aliphatic heterocycles. The van der Waals surface area contributed by atoms with E-state index in [0.717, 1.165) is 16.0 Å². The molecule has 3 aromatic rings. The number of ether oxygens (including phenoxy) is 2. The molecular formula is C26H25N3O5. The van der Waals surface area contributed by atoms with Gasteiger partial charge in [-0.1, -0.05) is 66.7 Å². The van der Waals surface area contributed by atoms with Crippen molar-refractivity contribution in [1.29, 1.82) is 0 Å². The Balaban J connectivity index is 0.000000229. The first-order valence-corrected chi connectivity index (χ1v) is 10.7. The Morgan fingerprint density at radius 1 is 1.03 bits per heavy atom. The number of carbonyl (C=O) groups is 3. The van der Waals surface area contributed by atoms with E-state index >= 15 is 0 Å². The van der Waals surface area contributed by atoms with Gasteiger partial charge in [-0.25, -0.2) is 14.5 Å². The Morgan fingerprint density at radius 2 is 1.74 bits per heavy atom. The zero-order valence-electron chi connectivity index (χ0n) is 18.4. The summed E-state index contributed by atoms with van der Waals surface area (Å²) in [4.78, 5) is 39.0. The number of hydrogen-bond donors (Lipinski definition) is 1. The molecule has 1 aromatic heterocycles. The van der Waals surface area contributed by atoms with Gasteiger partial charge in [0.05, 0.1) is 19.1 Å². The summed E-state index contributed by atoms with van der Waals surface area (Å²) in [6.45, 7) is 0.347. The van der Waals surface area contributed by atoms with Crippen LogP contribution in [0.25, 0.3) is 6.08 Å². The molecule has 34 heavy (non-hydrogen) atoms. The minimum atomic E-state index is -0.717. The zero-order valence-corrected chi connectivity index (χ0v) is 18.4. The van der Waals surface area contributed by atoms with Crippen LogP contribution < -0.4 is 10.5 Å². The van der Waals surface area contributed by atoms with Gasteiger partial charge in [-0.3, -0.25) is 9.78 Å². The van der Waals surface area contributed by atoms with Gasteiger partial charge in [0.25, 0.3) is 0 Å². The molecule has 3 amide bonds. The van der Waals surface area contributed by atoms with E-state index in [-0.39, 0.29) is 11.9 Å². The summed E-state index contributed by atoms with van der Waals surface area (Å²) in [5.41, 5.74) is 6.85. The average Bonchev–Trinajstić information content (AvgIpc) is 2.83. The predicted octanol–water partition coefficient (Wildman–Crippen LogP) is 4.22. The van der Waals surface area contributed by atoms with Gasteiger partial charge in [-0.15, -0.1) is 0 Å². The van der Waals surface area contributed by atoms with Crippen molar-refractivity contribution in [1.82, 2.24) is 9.88 Å². The number of likely N-dealkylation sites (tertiary alicyclic amines) is 1. The summed E-state index contributed by atoms with van der Waals surface area (Å²) in [7, 11) is 0. The van der Waals surface area contributed by atoms with Crippen LogP contribution in [0.15, 0.2) is 91.3 Å². The second-order valence-corrected chi connectivity index (χ2v) is 7.26. The largest absolute Gasteiger partial charge is 0.449 e. The standard InChI is InChI=1S/C17H14N2O3.C9H11NO2/c20-16-11-14(9-8-13-5-4-10-18-12-13)19(16)17(21)22-15-6-2-1-3-7-15;10-9(11)12-7-6-8-4-2-1-3-5-8/h1-10,12,14H,11H2;1-5H,6-7H2,(H2,10,11)/b9-8+;/t14-;/m1./s1. The van der Waals surface area contributed by atoms with Crippen LogP contribution in [0.1, 0.15) is 17.5 Å². The molecule has 8 heteroatoms. The smallest absolute Gasteiger partial charge is 0.422 e. The highest BCUT2D eigenvalue weighted by Crippen LogP contribution is 2.23. The lowest BCUT2D eigenvalue weighted by Crippen LogP contribution is -2.55. The lowest BCUT2D eigenvalue weighted by Gasteiger charge is -2.35. The van der Waals surface area contributed by atoms with Gasteiger partial charge < -0.3 is 15.2 Å². The van der Waals surface area contributed by atoms with Gasteiger partial charge in [0.1, 0.15) is 5.75 Å². The minimum Gasteiger partial charge on any atom is -0.449 e. The van der Waals surface area contributed by atoms with Gasteiger partial charge in [0.2, 0.25) is 5.91 Å². The summed E-state index contributed by atoms with van der Waals surface area (Å²) in [5, 5.41) is 0. The Hall–Kier alpha value is -4.46. The fourth-order valence-electron chi connectivity index (χ4n) is 3.08. The lowest BCUT2D eigenvalue weighted by molar-refractivity contribution is -0.139. The molecule has 2 heterocycles. The molecule has 2 N–H and O–H groups in total. The Bertz CT molecular complexity index is 1110. The molecular weight excluding hydrogens is 434 g/mol. The molecule has 1 fully saturated rings. The maximum absolute atomic E-state index is 12.1. The van der Waals surface area contributed by atoms with Crippen LogP contribution in [0.2, 0.25) is 0 Å². The van der Waals surface area contributed by atoms with E-state index in [1.165, 1.54) is 0 Å². The van der Waals surface area contributed by atoms with Gasteiger partial charge in [-0.05, 0) is 29.3 Å². The van der Waals surface area contributed by atoms with Crippen molar-refractivity contribution >= 4 is 24.2 Å². The number of rotatable bonds is 6. The number of benzene rings is 2. The summed E-state index contributed by atoms with van der Waals surface area (Å²) in [6.07, 6.45) is 6.70. The summed E-state index contributed by atoms with van der Waals surface area (Å²) >= 11 is 0. The van der Waals surface area contributed by atoms with E-state index < -0.39 is 12.2 Å². The van der Waals surface area contributed by atoms with Crippen LogP contribution in [0, 0.1) is 0 Å². The van der Waals surface area contributed by atoms with E-state index in [2.05, 4.69) is 9.72 Å². The molecule has 0 spiro atoms. The monoisotopic (exact) mass is 459 g/mol. The first kappa shape index (κ1) is 24.2. The summed E-state index contributed by atoms with van der Waals surface area (Å²) in [6, 6.07) is 21.9. The van der Waals surface area contributed by atoms with Crippen LogP contribution in [-0.4, -0.2) is 40.6 Å². The fraction of sp³-hybridized carbons (Fsp3) is 0.154. The Morgan fingerprint density at radius 3 is 2.35 bits per heavy atom. The van der Waals surface area contributed by atoms with Crippen LogP contribution in [-0.2, 0) is 16.0 Å². The van der Waals surface area contributed by atoms with Crippen molar-refractivity contribution in [2.45, 2.75) is 18.9 Å². The lowest BCUT2D eigenvalue weighted by atomic mass is 10.0. The van der Waals surface area contributed by atoms with Gasteiger partial charge >= 0.3 is 12.2 Å². The van der Waals surface area contributed by atoms with Gasteiger partial charge in [0, 0.05) is 18.8 Å². The van der Waals surface area contributed by atoms with Crippen molar-refractivity contribution in [3.05, 3.63) is 102 Å². The number of carbonyl (C=O) groups excluding carboxylic acids is 3. The van der Waals surface area contributed by atoms with E-state index in [1.807, 2.05) is 60.7 Å². The van der Waals surface area contributed by atoms with Crippen molar-refractivity contribution in [3.63, 3.8) is 0 Å². The van der Waals surface area contributed by atoms with E-state index in [4.69, 9.17) is 10.5 Å². The summed E-state index contributed by atoms with van der Waals surface area (Å²) in [5.74, 6) is 0.184. The number of β-lactam (4-membered cyclic amide) rings is 1. The van der Waals surface area contributed by atoms with Crippen LogP contribution in [0.4, 0.5) is 9.59 Å². The van der Waals surface area contributed by atoms with Crippen LogP contribution in [0.3, 0.4) is 0 Å². The summed E-state index contributed by atoms with van der Waals surface area (Å²) < 4.78 is 9.78. The molecule has 174 valence electrons. The van der Waals surface area contributed by atoms with Crippen LogP contribution in [0.5, 0.6) is 5.75 Å². The quantitative estimate of drug-likeness (QED) is 0.553. The fourth-order valence-corrected chi connectivity index (χ4v) is 3.08. The minimum absolute atomic E-state index is 0.234. The van der Waals surface area contributed by atoms with Crippen molar-refractivity contribution in [2.24, 2.45) is 5.73 Å². The molecule has 1 atom stereocenters.